The second-order valence-electron chi connectivity index (χ2n) is 6.11. The van der Waals surface area contributed by atoms with Gasteiger partial charge in [0.25, 0.3) is 0 Å². The molecule has 1 fully saturated rings. The third kappa shape index (κ3) is 6.88. The average Bonchev–Trinajstić information content (AvgIpc) is 2.55. The molecule has 24 heavy (non-hydrogen) atoms. The van der Waals surface area contributed by atoms with Crippen LogP contribution in [0.25, 0.3) is 0 Å². The standard InChI is InChI=1S/C18H29N3O.2ClH/c1-16-8-5-6-9-17(16)20-12-14-21(15-13-20)18(22)10-4-2-3-7-11-19;;/h5-6,8-9H,2-4,7,10-15,19H2,1H3;2*1H. The van der Waals surface area contributed by atoms with Crippen LogP contribution in [-0.2, 0) is 4.79 Å². The number of aryl methyl sites for hydroxylation is 1. The topological polar surface area (TPSA) is 49.6 Å². The van der Waals surface area contributed by atoms with E-state index < -0.39 is 0 Å². The van der Waals surface area contributed by atoms with Crippen LogP contribution in [0.2, 0.25) is 0 Å². The maximum Gasteiger partial charge on any atom is 0.222 e. The summed E-state index contributed by atoms with van der Waals surface area (Å²) in [5.41, 5.74) is 8.09. The van der Waals surface area contributed by atoms with Gasteiger partial charge in [0.1, 0.15) is 0 Å². The maximum atomic E-state index is 12.2. The third-order valence-electron chi connectivity index (χ3n) is 4.43. The zero-order chi connectivity index (χ0) is 15.8. The number of nitrogens with zero attached hydrogens (tertiary/aromatic N) is 2. The van der Waals surface area contributed by atoms with E-state index in [1.54, 1.807) is 0 Å². The molecule has 0 unspecified atom stereocenters. The Morgan fingerprint density at radius 3 is 2.25 bits per heavy atom. The van der Waals surface area contributed by atoms with Gasteiger partial charge in [-0.3, -0.25) is 4.79 Å². The summed E-state index contributed by atoms with van der Waals surface area (Å²) < 4.78 is 0. The third-order valence-corrected chi connectivity index (χ3v) is 4.43. The molecule has 0 atom stereocenters. The molecule has 0 aliphatic carbocycles. The molecule has 1 aliphatic rings. The highest BCUT2D eigenvalue weighted by atomic mass is 35.5. The number of hydrogen-bond acceptors (Lipinski definition) is 3. The molecule has 6 heteroatoms. The van der Waals surface area contributed by atoms with E-state index in [0.29, 0.717) is 12.3 Å². The van der Waals surface area contributed by atoms with Crippen LogP contribution in [0.15, 0.2) is 24.3 Å². The molecule has 138 valence electrons. The van der Waals surface area contributed by atoms with Crippen molar-refractivity contribution in [2.45, 2.75) is 39.0 Å². The second kappa shape index (κ2) is 12.4. The normalized spacial score (nSPS) is 13.9. The fraction of sp³-hybridized carbons (Fsp3) is 0.611. The number of halogens is 2. The molecule has 0 radical (unpaired) electrons. The van der Waals surface area contributed by atoms with E-state index in [1.807, 2.05) is 4.90 Å². The Morgan fingerprint density at radius 2 is 1.62 bits per heavy atom. The molecule has 0 bridgehead atoms. The van der Waals surface area contributed by atoms with Gasteiger partial charge >= 0.3 is 0 Å². The van der Waals surface area contributed by atoms with Crippen LogP contribution < -0.4 is 10.6 Å². The zero-order valence-electron chi connectivity index (χ0n) is 14.6. The summed E-state index contributed by atoms with van der Waals surface area (Å²) in [6.45, 7) is 6.46. The van der Waals surface area contributed by atoms with E-state index in [4.69, 9.17) is 5.73 Å². The minimum Gasteiger partial charge on any atom is -0.368 e. The number of amides is 1. The largest absolute Gasteiger partial charge is 0.368 e. The zero-order valence-corrected chi connectivity index (χ0v) is 16.2. The van der Waals surface area contributed by atoms with Crippen molar-refractivity contribution < 1.29 is 4.79 Å². The summed E-state index contributed by atoms with van der Waals surface area (Å²) in [4.78, 5) is 16.6. The predicted octanol–water partition coefficient (Wildman–Crippen LogP) is 3.40. The molecule has 1 amide bonds. The summed E-state index contributed by atoms with van der Waals surface area (Å²) in [6, 6.07) is 8.48. The number of benzene rings is 1. The van der Waals surface area contributed by atoms with Gasteiger partial charge in [-0.15, -0.1) is 24.8 Å². The van der Waals surface area contributed by atoms with E-state index in [2.05, 4.69) is 36.1 Å². The van der Waals surface area contributed by atoms with Crippen molar-refractivity contribution in [2.24, 2.45) is 5.73 Å². The minimum atomic E-state index is 0. The smallest absolute Gasteiger partial charge is 0.222 e. The van der Waals surface area contributed by atoms with Crippen molar-refractivity contribution in [1.29, 1.82) is 0 Å². The molecule has 1 aliphatic heterocycles. The highest BCUT2D eigenvalue weighted by molar-refractivity contribution is 5.85. The molecular formula is C18H31Cl2N3O. The van der Waals surface area contributed by atoms with Crippen LogP contribution >= 0.6 is 24.8 Å². The van der Waals surface area contributed by atoms with Crippen molar-refractivity contribution >= 4 is 36.4 Å². The molecule has 0 saturated carbocycles. The first-order valence-corrected chi connectivity index (χ1v) is 8.51. The van der Waals surface area contributed by atoms with Crippen molar-refractivity contribution in [1.82, 2.24) is 4.90 Å². The molecule has 2 rings (SSSR count). The monoisotopic (exact) mass is 375 g/mol. The van der Waals surface area contributed by atoms with Crippen LogP contribution in [0.4, 0.5) is 5.69 Å². The first-order valence-electron chi connectivity index (χ1n) is 8.51. The number of piperazine rings is 1. The van der Waals surface area contributed by atoms with Gasteiger partial charge in [-0.25, -0.2) is 0 Å². The minimum absolute atomic E-state index is 0. The molecular weight excluding hydrogens is 345 g/mol. The molecule has 1 heterocycles. The van der Waals surface area contributed by atoms with E-state index >= 15 is 0 Å². The number of para-hydroxylation sites is 1. The number of anilines is 1. The molecule has 1 aromatic carbocycles. The molecule has 2 N–H and O–H groups in total. The van der Waals surface area contributed by atoms with Gasteiger partial charge in [0, 0.05) is 38.3 Å². The summed E-state index contributed by atoms with van der Waals surface area (Å²) in [7, 11) is 0. The second-order valence-corrected chi connectivity index (χ2v) is 6.11. The average molecular weight is 376 g/mol. The Hall–Kier alpha value is -0.970. The number of carbonyl (C=O) groups excluding carboxylic acids is 1. The lowest BCUT2D eigenvalue weighted by Crippen LogP contribution is -2.48. The van der Waals surface area contributed by atoms with E-state index in [9.17, 15) is 4.79 Å². The quantitative estimate of drug-likeness (QED) is 0.742. The van der Waals surface area contributed by atoms with E-state index in [-0.39, 0.29) is 24.8 Å². The summed E-state index contributed by atoms with van der Waals surface area (Å²) in [6.07, 6.45) is 5.02. The van der Waals surface area contributed by atoms with Gasteiger partial charge in [-0.05, 0) is 37.9 Å². The first-order chi connectivity index (χ1) is 10.7. The fourth-order valence-electron chi connectivity index (χ4n) is 3.05. The van der Waals surface area contributed by atoms with Gasteiger partial charge in [-0.2, -0.15) is 0 Å². The number of rotatable bonds is 7. The van der Waals surface area contributed by atoms with Gasteiger partial charge in [0.2, 0.25) is 5.91 Å². The SMILES string of the molecule is Cc1ccccc1N1CCN(C(=O)CCCCCCN)CC1.Cl.Cl. The Labute approximate surface area is 158 Å². The van der Waals surface area contributed by atoms with Crippen LogP contribution in [0, 0.1) is 6.92 Å². The molecule has 0 spiro atoms. The first kappa shape index (κ1) is 23.0. The van der Waals surface area contributed by atoms with Crippen LogP contribution in [0.3, 0.4) is 0 Å². The summed E-state index contributed by atoms with van der Waals surface area (Å²) in [5.74, 6) is 0.317. The van der Waals surface area contributed by atoms with Crippen LogP contribution in [-0.4, -0.2) is 43.5 Å². The number of hydrogen-bond donors (Lipinski definition) is 1. The highest BCUT2D eigenvalue weighted by Gasteiger charge is 2.21. The fourth-order valence-corrected chi connectivity index (χ4v) is 3.05. The number of carbonyl (C=O) groups is 1. The van der Waals surface area contributed by atoms with Crippen LogP contribution in [0.1, 0.15) is 37.7 Å². The Morgan fingerprint density at radius 1 is 1.00 bits per heavy atom. The predicted molar refractivity (Wildman–Crippen MR) is 107 cm³/mol. The lowest BCUT2D eigenvalue weighted by atomic mass is 10.1. The Balaban J connectivity index is 0.00000264. The molecule has 0 aromatic heterocycles. The van der Waals surface area contributed by atoms with Gasteiger partial charge in [0.05, 0.1) is 0 Å². The summed E-state index contributed by atoms with van der Waals surface area (Å²) in [5, 5.41) is 0. The van der Waals surface area contributed by atoms with E-state index in [0.717, 1.165) is 58.4 Å². The number of nitrogens with two attached hydrogens (primary N) is 1. The van der Waals surface area contributed by atoms with E-state index in [1.165, 1.54) is 11.3 Å². The van der Waals surface area contributed by atoms with Crippen molar-refractivity contribution in [2.75, 3.05) is 37.6 Å². The molecule has 1 saturated heterocycles. The van der Waals surface area contributed by atoms with Crippen molar-refractivity contribution in [3.05, 3.63) is 29.8 Å². The van der Waals surface area contributed by atoms with Gasteiger partial charge in [-0.1, -0.05) is 31.0 Å². The molecule has 1 aromatic rings. The summed E-state index contributed by atoms with van der Waals surface area (Å²) >= 11 is 0. The van der Waals surface area contributed by atoms with Gasteiger partial charge in [0.15, 0.2) is 0 Å². The molecule has 4 nitrogen and oxygen atoms in total. The highest BCUT2D eigenvalue weighted by Crippen LogP contribution is 2.21. The maximum absolute atomic E-state index is 12.2. The Kier molecular flexibility index (Phi) is 11.9. The van der Waals surface area contributed by atoms with Crippen molar-refractivity contribution in [3.8, 4) is 0 Å². The lowest BCUT2D eigenvalue weighted by Gasteiger charge is -2.37. The van der Waals surface area contributed by atoms with Crippen molar-refractivity contribution in [3.63, 3.8) is 0 Å². The van der Waals surface area contributed by atoms with Crippen LogP contribution in [0.5, 0.6) is 0 Å². The van der Waals surface area contributed by atoms with Gasteiger partial charge < -0.3 is 15.5 Å². The number of unbranched alkanes of at least 4 members (excludes halogenated alkanes) is 3. The lowest BCUT2D eigenvalue weighted by molar-refractivity contribution is -0.131. The Bertz CT molecular complexity index is 477.